The third-order valence-corrected chi connectivity index (χ3v) is 6.76. The lowest BCUT2D eigenvalue weighted by Gasteiger charge is -2.35. The monoisotopic (exact) mass is 436 g/mol. The zero-order chi connectivity index (χ0) is 23.7. The van der Waals surface area contributed by atoms with Crippen LogP contribution >= 0.6 is 10.3 Å². The number of benzene rings is 1. The highest BCUT2D eigenvalue weighted by Gasteiger charge is 2.29. The van der Waals surface area contributed by atoms with Gasteiger partial charge in [0.15, 0.2) is 0 Å². The molecule has 0 aliphatic heterocycles. The summed E-state index contributed by atoms with van der Waals surface area (Å²) >= 11 is 0. The summed E-state index contributed by atoms with van der Waals surface area (Å²) in [5.74, 6) is 1.88. The summed E-state index contributed by atoms with van der Waals surface area (Å²) in [7, 11) is -1.11. The van der Waals surface area contributed by atoms with E-state index in [0.29, 0.717) is 11.3 Å². The lowest BCUT2D eigenvalue weighted by Crippen LogP contribution is -2.22. The maximum absolute atomic E-state index is 6.77. The van der Waals surface area contributed by atoms with Crippen LogP contribution < -0.4 is 4.18 Å². The van der Waals surface area contributed by atoms with Gasteiger partial charge in [-0.05, 0) is 88.9 Å². The van der Waals surface area contributed by atoms with Gasteiger partial charge >= 0.3 is 0 Å². The van der Waals surface area contributed by atoms with Crippen molar-refractivity contribution in [2.75, 3.05) is 18.8 Å². The third-order valence-electron chi connectivity index (χ3n) is 6.10. The standard InChI is InChI=1S/C28H52OS/c1-15-22-23(17-16-20(2)27(6,7)8)24(28(9,10)11)18-21(19-26(3,4)5)25(22)29-30(12,13)14/h18,20H,15-17,19H2,1-14H3. The summed E-state index contributed by atoms with van der Waals surface area (Å²) in [5.41, 5.74) is 6.64. The molecule has 1 aromatic carbocycles. The molecule has 0 heterocycles. The van der Waals surface area contributed by atoms with E-state index in [2.05, 4.69) is 101 Å². The molecule has 1 rings (SSSR count). The fourth-order valence-electron chi connectivity index (χ4n) is 4.00. The molecule has 2 heteroatoms. The van der Waals surface area contributed by atoms with Gasteiger partial charge in [0.2, 0.25) is 0 Å². The predicted molar refractivity (Wildman–Crippen MR) is 141 cm³/mol. The Kier molecular flexibility index (Phi) is 8.65. The van der Waals surface area contributed by atoms with Crippen LogP contribution in [0.4, 0.5) is 0 Å². The van der Waals surface area contributed by atoms with E-state index < -0.39 is 10.3 Å². The zero-order valence-electron chi connectivity index (χ0n) is 22.8. The normalized spacial score (nSPS) is 15.3. The van der Waals surface area contributed by atoms with Gasteiger partial charge in [-0.2, -0.15) is 0 Å². The third kappa shape index (κ3) is 8.13. The Morgan fingerprint density at radius 2 is 1.43 bits per heavy atom. The Bertz CT molecular complexity index is 703. The summed E-state index contributed by atoms with van der Waals surface area (Å²) in [6, 6.07) is 2.50. The SMILES string of the molecule is CCc1c(CCC(C)C(C)(C)C)c(C(C)(C)C)cc(CC(C)(C)C)c1OS(C)(C)C. The molecule has 0 fully saturated rings. The Balaban J connectivity index is 3.72. The van der Waals surface area contributed by atoms with Crippen LogP contribution in [0.5, 0.6) is 5.75 Å². The van der Waals surface area contributed by atoms with Crippen molar-refractivity contribution >= 4 is 10.3 Å². The molecule has 176 valence electrons. The summed E-state index contributed by atoms with van der Waals surface area (Å²) in [6.07, 6.45) is 11.2. The van der Waals surface area contributed by atoms with Crippen LogP contribution in [0.2, 0.25) is 0 Å². The fourth-order valence-corrected chi connectivity index (χ4v) is 4.71. The van der Waals surface area contributed by atoms with Crippen molar-refractivity contribution in [1.82, 2.24) is 0 Å². The van der Waals surface area contributed by atoms with Crippen molar-refractivity contribution in [3.05, 3.63) is 28.3 Å². The minimum Gasteiger partial charge on any atom is -0.449 e. The summed E-state index contributed by atoms with van der Waals surface area (Å²) < 4.78 is 6.77. The van der Waals surface area contributed by atoms with E-state index in [9.17, 15) is 0 Å². The lowest BCUT2D eigenvalue weighted by molar-refractivity contribution is 0.247. The molecular formula is C28H52OS. The second-order valence-corrected chi connectivity index (χ2v) is 16.9. The molecule has 0 spiro atoms. The number of hydrogen-bond acceptors (Lipinski definition) is 1. The Hall–Kier alpha value is -0.630. The van der Waals surface area contributed by atoms with E-state index >= 15 is 0 Å². The first-order chi connectivity index (χ1) is 13.3. The first-order valence-electron chi connectivity index (χ1n) is 11.8. The van der Waals surface area contributed by atoms with Crippen molar-refractivity contribution in [2.45, 2.75) is 107 Å². The molecule has 30 heavy (non-hydrogen) atoms. The first-order valence-corrected chi connectivity index (χ1v) is 14.6. The molecule has 0 aliphatic carbocycles. The summed E-state index contributed by atoms with van der Waals surface area (Å²) in [5, 5.41) is 0. The van der Waals surface area contributed by atoms with Crippen LogP contribution in [0.3, 0.4) is 0 Å². The van der Waals surface area contributed by atoms with Gasteiger partial charge in [-0.25, -0.2) is 0 Å². The molecule has 1 atom stereocenters. The molecule has 1 nitrogen and oxygen atoms in total. The Morgan fingerprint density at radius 1 is 0.900 bits per heavy atom. The molecule has 0 radical (unpaired) electrons. The molecule has 0 bridgehead atoms. The second kappa shape index (κ2) is 9.47. The van der Waals surface area contributed by atoms with Crippen LogP contribution in [0.15, 0.2) is 6.07 Å². The van der Waals surface area contributed by atoms with E-state index in [1.807, 2.05) is 0 Å². The average Bonchev–Trinajstić information content (AvgIpc) is 2.49. The maximum Gasteiger partial charge on any atom is 0.141 e. The van der Waals surface area contributed by atoms with Crippen molar-refractivity contribution < 1.29 is 4.18 Å². The van der Waals surface area contributed by atoms with Crippen LogP contribution in [-0.2, 0) is 24.7 Å². The fraction of sp³-hybridized carbons (Fsp3) is 0.786. The van der Waals surface area contributed by atoms with E-state index in [4.69, 9.17) is 4.18 Å². The van der Waals surface area contributed by atoms with Crippen LogP contribution in [0.1, 0.15) is 105 Å². The second-order valence-electron chi connectivity index (χ2n) is 13.3. The highest BCUT2D eigenvalue weighted by atomic mass is 32.3. The summed E-state index contributed by atoms with van der Waals surface area (Å²) in [4.78, 5) is 0. The van der Waals surface area contributed by atoms with Crippen molar-refractivity contribution in [3.8, 4) is 5.75 Å². The van der Waals surface area contributed by atoms with Crippen molar-refractivity contribution in [2.24, 2.45) is 16.7 Å². The molecule has 0 N–H and O–H groups in total. The molecule has 0 aromatic heterocycles. The van der Waals surface area contributed by atoms with E-state index in [1.165, 1.54) is 28.9 Å². The number of hydrogen-bond donors (Lipinski definition) is 0. The molecule has 0 amide bonds. The van der Waals surface area contributed by atoms with Gasteiger partial charge in [0.05, 0.1) is 0 Å². The smallest absolute Gasteiger partial charge is 0.141 e. The van der Waals surface area contributed by atoms with Gasteiger partial charge in [-0.15, -0.1) is 10.3 Å². The molecule has 1 aromatic rings. The zero-order valence-corrected chi connectivity index (χ0v) is 23.6. The van der Waals surface area contributed by atoms with Crippen LogP contribution in [0.25, 0.3) is 0 Å². The maximum atomic E-state index is 6.77. The van der Waals surface area contributed by atoms with Crippen molar-refractivity contribution in [1.29, 1.82) is 0 Å². The molecule has 0 aliphatic rings. The molecule has 0 saturated carbocycles. The topological polar surface area (TPSA) is 9.23 Å². The highest BCUT2D eigenvalue weighted by Crippen LogP contribution is 2.46. The predicted octanol–water partition coefficient (Wildman–Crippen LogP) is 8.74. The van der Waals surface area contributed by atoms with Gasteiger partial charge in [0, 0.05) is 0 Å². The lowest BCUT2D eigenvalue weighted by atomic mass is 9.74. The largest absolute Gasteiger partial charge is 0.449 e. The van der Waals surface area contributed by atoms with E-state index in [1.54, 1.807) is 5.56 Å². The van der Waals surface area contributed by atoms with Gasteiger partial charge in [-0.3, -0.25) is 0 Å². The molecular weight excluding hydrogens is 384 g/mol. The number of rotatable bonds is 7. The quantitative estimate of drug-likeness (QED) is 0.415. The minimum absolute atomic E-state index is 0.129. The van der Waals surface area contributed by atoms with Gasteiger partial charge in [-0.1, -0.05) is 82.2 Å². The van der Waals surface area contributed by atoms with Gasteiger partial charge < -0.3 is 4.18 Å². The molecule has 1 unspecified atom stereocenters. The average molecular weight is 437 g/mol. The minimum atomic E-state index is -1.11. The van der Waals surface area contributed by atoms with Crippen LogP contribution in [0, 0.1) is 16.7 Å². The first kappa shape index (κ1) is 27.4. The van der Waals surface area contributed by atoms with Crippen molar-refractivity contribution in [3.63, 3.8) is 0 Å². The highest BCUT2D eigenvalue weighted by molar-refractivity contribution is 8.28. The van der Waals surface area contributed by atoms with Gasteiger partial charge in [0.25, 0.3) is 0 Å². The summed E-state index contributed by atoms with van der Waals surface area (Å²) in [6.45, 7) is 25.9. The Morgan fingerprint density at radius 3 is 1.80 bits per heavy atom. The Labute approximate surface area is 191 Å². The van der Waals surface area contributed by atoms with Gasteiger partial charge in [0.1, 0.15) is 5.75 Å². The van der Waals surface area contributed by atoms with E-state index in [0.717, 1.165) is 19.3 Å². The molecule has 0 saturated heterocycles. The van der Waals surface area contributed by atoms with E-state index in [-0.39, 0.29) is 10.8 Å². The van der Waals surface area contributed by atoms with Crippen LogP contribution in [-0.4, -0.2) is 18.8 Å².